The summed E-state index contributed by atoms with van der Waals surface area (Å²) in [4.78, 5) is 0. The molecule has 0 radical (unpaired) electrons. The Kier molecular flexibility index (Phi) is 8.10. The van der Waals surface area contributed by atoms with Gasteiger partial charge in [0.15, 0.2) is 5.11 Å². The third kappa shape index (κ3) is 7.90. The van der Waals surface area contributed by atoms with E-state index in [1.54, 1.807) is 0 Å². The molecule has 66 valence electrons. The summed E-state index contributed by atoms with van der Waals surface area (Å²) in [6.07, 6.45) is 4.48. The van der Waals surface area contributed by atoms with Crippen molar-refractivity contribution in [2.75, 3.05) is 18.6 Å². The Morgan fingerprint density at radius 2 is 2.27 bits per heavy atom. The molecule has 11 heavy (non-hydrogen) atoms. The molecule has 3 nitrogen and oxygen atoms in total. The maximum absolute atomic E-state index is 5.06. The van der Waals surface area contributed by atoms with E-state index in [9.17, 15) is 0 Å². The summed E-state index contributed by atoms with van der Waals surface area (Å²) < 4.78 is 0. The number of thioether (sulfide) groups is 1. The summed E-state index contributed by atoms with van der Waals surface area (Å²) in [5, 5.41) is 3.50. The van der Waals surface area contributed by atoms with Crippen molar-refractivity contribution >= 4 is 29.1 Å². The Hall–Kier alpha value is -0.0000000000000000486. The lowest BCUT2D eigenvalue weighted by Crippen LogP contribution is -2.39. The number of hydrogen-bond donors (Lipinski definition) is 3. The lowest BCUT2D eigenvalue weighted by Gasteiger charge is -2.05. The van der Waals surface area contributed by atoms with Crippen LogP contribution >= 0.6 is 24.0 Å². The minimum atomic E-state index is 0.522. The zero-order valence-corrected chi connectivity index (χ0v) is 8.36. The molecule has 0 bridgehead atoms. The van der Waals surface area contributed by atoms with Gasteiger partial charge in [0.25, 0.3) is 0 Å². The quantitative estimate of drug-likeness (QED) is 0.256. The van der Waals surface area contributed by atoms with Crippen LogP contribution in [0.2, 0.25) is 0 Å². The molecule has 0 saturated carbocycles. The van der Waals surface area contributed by atoms with Crippen molar-refractivity contribution in [2.24, 2.45) is 5.84 Å². The predicted molar refractivity (Wildman–Crippen MR) is 55.5 cm³/mol. The van der Waals surface area contributed by atoms with Crippen LogP contribution in [0.1, 0.15) is 12.8 Å². The molecule has 0 aromatic heterocycles. The van der Waals surface area contributed by atoms with Crippen LogP contribution in [0.25, 0.3) is 0 Å². The van der Waals surface area contributed by atoms with Crippen LogP contribution < -0.4 is 16.6 Å². The molecule has 0 rings (SSSR count). The highest BCUT2D eigenvalue weighted by atomic mass is 32.2. The Balaban J connectivity index is 2.95. The maximum Gasteiger partial charge on any atom is 0.180 e. The van der Waals surface area contributed by atoms with Crippen molar-refractivity contribution in [3.63, 3.8) is 0 Å². The van der Waals surface area contributed by atoms with Crippen molar-refractivity contribution in [2.45, 2.75) is 12.8 Å². The Bertz CT molecular complexity index is 108. The first-order chi connectivity index (χ1) is 5.31. The van der Waals surface area contributed by atoms with Crippen molar-refractivity contribution < 1.29 is 0 Å². The number of nitrogens with one attached hydrogen (secondary N) is 2. The van der Waals surface area contributed by atoms with Gasteiger partial charge in [-0.15, -0.1) is 0 Å². The van der Waals surface area contributed by atoms with Gasteiger partial charge in [-0.25, -0.2) is 5.84 Å². The Labute approximate surface area is 77.5 Å². The minimum absolute atomic E-state index is 0.522. The van der Waals surface area contributed by atoms with E-state index in [4.69, 9.17) is 18.1 Å². The average molecular weight is 193 g/mol. The monoisotopic (exact) mass is 193 g/mol. The fourth-order valence-electron chi connectivity index (χ4n) is 0.624. The summed E-state index contributed by atoms with van der Waals surface area (Å²) in [5.74, 6) is 6.27. The van der Waals surface area contributed by atoms with Gasteiger partial charge in [0.05, 0.1) is 0 Å². The average Bonchev–Trinajstić information content (AvgIpc) is 2.04. The third-order valence-electron chi connectivity index (χ3n) is 1.19. The van der Waals surface area contributed by atoms with Crippen LogP contribution in [-0.4, -0.2) is 23.7 Å². The molecule has 5 heteroatoms. The van der Waals surface area contributed by atoms with Gasteiger partial charge in [-0.05, 0) is 37.1 Å². The standard InChI is InChI=1S/C6H15N3S2/c1-11-5-3-2-4-8-6(10)9-7/h2-5,7H2,1H3,(H2,8,9,10). The van der Waals surface area contributed by atoms with E-state index >= 15 is 0 Å². The first-order valence-corrected chi connectivity index (χ1v) is 5.35. The molecule has 0 atom stereocenters. The van der Waals surface area contributed by atoms with Crippen LogP contribution in [0.3, 0.4) is 0 Å². The van der Waals surface area contributed by atoms with Crippen molar-refractivity contribution in [1.29, 1.82) is 0 Å². The first-order valence-electron chi connectivity index (χ1n) is 3.54. The second-order valence-corrected chi connectivity index (χ2v) is 3.49. The Morgan fingerprint density at radius 1 is 1.55 bits per heavy atom. The molecule has 0 fully saturated rings. The zero-order chi connectivity index (χ0) is 8.53. The maximum atomic E-state index is 5.06. The highest BCUT2D eigenvalue weighted by molar-refractivity contribution is 7.98. The molecule has 0 aromatic rings. The zero-order valence-electron chi connectivity index (χ0n) is 6.72. The van der Waals surface area contributed by atoms with Crippen LogP contribution in [0, 0.1) is 0 Å². The summed E-state index contributed by atoms with van der Waals surface area (Å²) >= 11 is 6.65. The summed E-state index contributed by atoms with van der Waals surface area (Å²) in [7, 11) is 0. The van der Waals surface area contributed by atoms with E-state index in [0.29, 0.717) is 5.11 Å². The van der Waals surface area contributed by atoms with Gasteiger partial charge in [-0.3, -0.25) is 0 Å². The number of rotatable bonds is 5. The number of thiocarbonyl (C=S) groups is 1. The fourth-order valence-corrected chi connectivity index (χ4v) is 1.22. The molecule has 0 aliphatic rings. The topological polar surface area (TPSA) is 50.1 Å². The highest BCUT2D eigenvalue weighted by Gasteiger charge is 1.90. The van der Waals surface area contributed by atoms with E-state index in [1.165, 1.54) is 12.2 Å². The van der Waals surface area contributed by atoms with Gasteiger partial charge in [0.1, 0.15) is 0 Å². The molecule has 0 aliphatic carbocycles. The molecule has 0 unspecified atom stereocenters. The lowest BCUT2D eigenvalue weighted by molar-refractivity contribution is 0.750. The molecule has 0 heterocycles. The van der Waals surface area contributed by atoms with Crippen molar-refractivity contribution in [3.8, 4) is 0 Å². The van der Waals surface area contributed by atoms with E-state index in [-0.39, 0.29) is 0 Å². The van der Waals surface area contributed by atoms with E-state index < -0.39 is 0 Å². The number of unbranched alkanes of at least 4 members (excludes halogenated alkanes) is 1. The Morgan fingerprint density at radius 3 is 2.82 bits per heavy atom. The molecule has 4 N–H and O–H groups in total. The van der Waals surface area contributed by atoms with Gasteiger partial charge in [0.2, 0.25) is 0 Å². The molecule has 0 aliphatic heterocycles. The highest BCUT2D eigenvalue weighted by Crippen LogP contribution is 1.97. The number of hydrazine groups is 1. The largest absolute Gasteiger partial charge is 0.362 e. The van der Waals surface area contributed by atoms with E-state index in [0.717, 1.165) is 13.0 Å². The van der Waals surface area contributed by atoms with Crippen LogP contribution in [0.5, 0.6) is 0 Å². The predicted octanol–water partition coefficient (Wildman–Crippen LogP) is 0.467. The SMILES string of the molecule is CSCCCCNC(=S)NN. The number of nitrogens with two attached hydrogens (primary N) is 1. The summed E-state index contributed by atoms with van der Waals surface area (Å²) in [6.45, 7) is 0.906. The second-order valence-electron chi connectivity index (χ2n) is 2.10. The first kappa shape index (κ1) is 11.0. The number of hydrogen-bond acceptors (Lipinski definition) is 3. The fraction of sp³-hybridized carbons (Fsp3) is 0.833. The molecule has 0 aromatic carbocycles. The van der Waals surface area contributed by atoms with Gasteiger partial charge in [0, 0.05) is 6.54 Å². The van der Waals surface area contributed by atoms with Gasteiger partial charge >= 0.3 is 0 Å². The molecule has 0 spiro atoms. The molecule has 0 saturated heterocycles. The summed E-state index contributed by atoms with van der Waals surface area (Å²) in [5.41, 5.74) is 2.37. The van der Waals surface area contributed by atoms with Crippen LogP contribution in [0.4, 0.5) is 0 Å². The van der Waals surface area contributed by atoms with E-state index in [2.05, 4.69) is 17.0 Å². The normalized spacial score (nSPS) is 9.27. The van der Waals surface area contributed by atoms with Crippen LogP contribution in [0.15, 0.2) is 0 Å². The van der Waals surface area contributed by atoms with Crippen LogP contribution in [-0.2, 0) is 0 Å². The van der Waals surface area contributed by atoms with Gasteiger partial charge in [-0.2, -0.15) is 11.8 Å². The molecular weight excluding hydrogens is 178 g/mol. The summed E-state index contributed by atoms with van der Waals surface area (Å²) in [6, 6.07) is 0. The van der Waals surface area contributed by atoms with E-state index in [1.807, 2.05) is 11.8 Å². The molecule has 0 amide bonds. The second kappa shape index (κ2) is 8.10. The molecular formula is C6H15N3S2. The van der Waals surface area contributed by atoms with Crippen molar-refractivity contribution in [1.82, 2.24) is 10.7 Å². The lowest BCUT2D eigenvalue weighted by atomic mass is 10.3. The smallest absolute Gasteiger partial charge is 0.180 e. The third-order valence-corrected chi connectivity index (χ3v) is 2.15. The van der Waals surface area contributed by atoms with Gasteiger partial charge < -0.3 is 10.7 Å². The minimum Gasteiger partial charge on any atom is -0.362 e. The van der Waals surface area contributed by atoms with Crippen molar-refractivity contribution in [3.05, 3.63) is 0 Å². The van der Waals surface area contributed by atoms with Gasteiger partial charge in [-0.1, -0.05) is 0 Å².